The topological polar surface area (TPSA) is 50.2 Å². The number of hydrogen-bond donors (Lipinski definition) is 1. The van der Waals surface area contributed by atoms with Gasteiger partial charge in [-0.15, -0.1) is 11.8 Å². The Labute approximate surface area is 123 Å². The molecule has 1 aromatic heterocycles. The molecular formula is C16H17NO2S. The monoisotopic (exact) mass is 287 g/mol. The lowest BCUT2D eigenvalue weighted by Gasteiger charge is -2.03. The molecule has 1 aromatic carbocycles. The average molecular weight is 287 g/mol. The summed E-state index contributed by atoms with van der Waals surface area (Å²) in [5.41, 5.74) is 1.48. The van der Waals surface area contributed by atoms with Crippen molar-refractivity contribution in [2.24, 2.45) is 0 Å². The van der Waals surface area contributed by atoms with Gasteiger partial charge in [0, 0.05) is 11.1 Å². The minimum atomic E-state index is -0.975. The van der Waals surface area contributed by atoms with Crippen LogP contribution in [0.1, 0.15) is 28.9 Å². The van der Waals surface area contributed by atoms with Gasteiger partial charge in [0.15, 0.2) is 0 Å². The number of carboxylic acids is 1. The number of aromatic nitrogens is 1. The van der Waals surface area contributed by atoms with Crippen molar-refractivity contribution in [2.75, 3.05) is 5.75 Å². The molecule has 0 saturated heterocycles. The maximum absolute atomic E-state index is 10.8. The maximum atomic E-state index is 10.8. The van der Waals surface area contributed by atoms with Gasteiger partial charge < -0.3 is 5.11 Å². The first-order chi connectivity index (χ1) is 9.75. The maximum Gasteiger partial charge on any atom is 0.354 e. The van der Waals surface area contributed by atoms with Crippen LogP contribution in [0, 0.1) is 0 Å². The Morgan fingerprint density at radius 1 is 1.15 bits per heavy atom. The lowest BCUT2D eigenvalue weighted by Crippen LogP contribution is -1.99. The van der Waals surface area contributed by atoms with Gasteiger partial charge in [-0.05, 0) is 42.7 Å². The van der Waals surface area contributed by atoms with Gasteiger partial charge in [-0.2, -0.15) is 0 Å². The van der Waals surface area contributed by atoms with E-state index in [9.17, 15) is 4.79 Å². The van der Waals surface area contributed by atoms with E-state index in [-0.39, 0.29) is 5.69 Å². The summed E-state index contributed by atoms with van der Waals surface area (Å²) in [6.45, 7) is 0. The molecule has 0 atom stereocenters. The molecular weight excluding hydrogens is 270 g/mol. The smallest absolute Gasteiger partial charge is 0.354 e. The molecule has 0 spiro atoms. The summed E-state index contributed by atoms with van der Waals surface area (Å²) in [5.74, 6) is 0.0205. The van der Waals surface area contributed by atoms with Gasteiger partial charge in [0.25, 0.3) is 0 Å². The van der Waals surface area contributed by atoms with Crippen LogP contribution in [0.15, 0.2) is 53.6 Å². The highest BCUT2D eigenvalue weighted by atomic mass is 32.2. The zero-order valence-electron chi connectivity index (χ0n) is 11.2. The van der Waals surface area contributed by atoms with Gasteiger partial charge >= 0.3 is 5.97 Å². The van der Waals surface area contributed by atoms with Gasteiger partial charge in [-0.3, -0.25) is 0 Å². The summed E-state index contributed by atoms with van der Waals surface area (Å²) in [7, 11) is 0. The third-order valence-electron chi connectivity index (χ3n) is 2.92. The number of benzene rings is 1. The highest BCUT2D eigenvalue weighted by Gasteiger charge is 2.04. The lowest BCUT2D eigenvalue weighted by atomic mass is 10.1. The predicted molar refractivity (Wildman–Crippen MR) is 81.3 cm³/mol. The predicted octanol–water partition coefficient (Wildman–Crippen LogP) is 3.89. The summed E-state index contributed by atoms with van der Waals surface area (Å²) in [5, 5.41) is 8.87. The second-order valence-electron chi connectivity index (χ2n) is 4.47. The van der Waals surface area contributed by atoms with E-state index in [1.54, 1.807) is 24.0 Å². The molecule has 4 heteroatoms. The molecule has 0 amide bonds. The van der Waals surface area contributed by atoms with Gasteiger partial charge in [-0.1, -0.05) is 30.3 Å². The molecule has 3 nitrogen and oxygen atoms in total. The summed E-state index contributed by atoms with van der Waals surface area (Å²) in [4.78, 5) is 15.6. The molecule has 0 bridgehead atoms. The van der Waals surface area contributed by atoms with E-state index in [1.165, 1.54) is 5.56 Å². The van der Waals surface area contributed by atoms with Crippen molar-refractivity contribution in [1.29, 1.82) is 0 Å². The molecule has 0 unspecified atom stereocenters. The van der Waals surface area contributed by atoms with E-state index in [2.05, 4.69) is 29.2 Å². The third-order valence-corrected chi connectivity index (χ3v) is 4.00. The molecule has 2 rings (SSSR count). The van der Waals surface area contributed by atoms with Gasteiger partial charge in [0.1, 0.15) is 5.69 Å². The van der Waals surface area contributed by atoms with Crippen molar-refractivity contribution in [3.05, 3.63) is 59.9 Å². The SMILES string of the molecule is O=C(O)c1cc(SCCCCc2ccccc2)ccn1. The van der Waals surface area contributed by atoms with Crippen molar-refractivity contribution >= 4 is 17.7 Å². The van der Waals surface area contributed by atoms with Crippen LogP contribution in [0.4, 0.5) is 0 Å². The number of carbonyl (C=O) groups is 1. The third kappa shape index (κ3) is 4.70. The van der Waals surface area contributed by atoms with Crippen LogP contribution in [0.2, 0.25) is 0 Å². The standard InChI is InChI=1S/C16H17NO2S/c18-16(19)15-12-14(9-10-17-15)20-11-5-4-8-13-6-2-1-3-7-13/h1-3,6-7,9-10,12H,4-5,8,11H2,(H,18,19). The van der Waals surface area contributed by atoms with E-state index >= 15 is 0 Å². The van der Waals surface area contributed by atoms with Crippen molar-refractivity contribution in [3.8, 4) is 0 Å². The van der Waals surface area contributed by atoms with Gasteiger partial charge in [0.2, 0.25) is 0 Å². The van der Waals surface area contributed by atoms with E-state index in [0.29, 0.717) is 0 Å². The van der Waals surface area contributed by atoms with E-state index < -0.39 is 5.97 Å². The van der Waals surface area contributed by atoms with Crippen molar-refractivity contribution in [2.45, 2.75) is 24.2 Å². The molecule has 0 radical (unpaired) electrons. The number of thioether (sulfide) groups is 1. The number of aryl methyl sites for hydroxylation is 1. The van der Waals surface area contributed by atoms with Crippen LogP contribution in [-0.4, -0.2) is 21.8 Å². The molecule has 0 aliphatic carbocycles. The second kappa shape index (κ2) is 7.70. The van der Waals surface area contributed by atoms with Crippen LogP contribution >= 0.6 is 11.8 Å². The van der Waals surface area contributed by atoms with Crippen molar-refractivity contribution in [3.63, 3.8) is 0 Å². The number of nitrogens with zero attached hydrogens (tertiary/aromatic N) is 1. The number of rotatable bonds is 7. The molecule has 0 fully saturated rings. The Morgan fingerprint density at radius 3 is 2.70 bits per heavy atom. The Kier molecular flexibility index (Phi) is 5.62. The molecule has 104 valence electrons. The molecule has 0 aliphatic heterocycles. The van der Waals surface area contributed by atoms with Crippen LogP contribution in [0.5, 0.6) is 0 Å². The molecule has 20 heavy (non-hydrogen) atoms. The number of pyridine rings is 1. The number of hydrogen-bond acceptors (Lipinski definition) is 3. The Morgan fingerprint density at radius 2 is 1.95 bits per heavy atom. The molecule has 2 aromatic rings. The first-order valence-electron chi connectivity index (χ1n) is 6.62. The Balaban J connectivity index is 1.71. The van der Waals surface area contributed by atoms with Crippen LogP contribution in [-0.2, 0) is 6.42 Å². The van der Waals surface area contributed by atoms with Crippen LogP contribution < -0.4 is 0 Å². The van der Waals surface area contributed by atoms with Crippen LogP contribution in [0.25, 0.3) is 0 Å². The highest BCUT2D eigenvalue weighted by Crippen LogP contribution is 2.20. The molecule has 0 aliphatic rings. The van der Waals surface area contributed by atoms with E-state index in [0.717, 1.165) is 29.9 Å². The van der Waals surface area contributed by atoms with E-state index in [1.807, 2.05) is 12.1 Å². The molecule has 0 saturated carbocycles. The summed E-state index contributed by atoms with van der Waals surface area (Å²) in [6.07, 6.45) is 4.91. The summed E-state index contributed by atoms with van der Waals surface area (Å²) in [6, 6.07) is 13.9. The first-order valence-corrected chi connectivity index (χ1v) is 7.60. The molecule has 1 heterocycles. The second-order valence-corrected chi connectivity index (χ2v) is 5.64. The fourth-order valence-electron chi connectivity index (χ4n) is 1.88. The van der Waals surface area contributed by atoms with Crippen LogP contribution in [0.3, 0.4) is 0 Å². The van der Waals surface area contributed by atoms with Crippen molar-refractivity contribution < 1.29 is 9.90 Å². The molecule has 1 N–H and O–H groups in total. The highest BCUT2D eigenvalue weighted by molar-refractivity contribution is 7.99. The summed E-state index contributed by atoms with van der Waals surface area (Å²) < 4.78 is 0. The van der Waals surface area contributed by atoms with E-state index in [4.69, 9.17) is 5.11 Å². The minimum Gasteiger partial charge on any atom is -0.477 e. The fraction of sp³-hybridized carbons (Fsp3) is 0.250. The van der Waals surface area contributed by atoms with Crippen molar-refractivity contribution in [1.82, 2.24) is 4.98 Å². The zero-order chi connectivity index (χ0) is 14.2. The number of aromatic carboxylic acids is 1. The zero-order valence-corrected chi connectivity index (χ0v) is 12.0. The number of unbranched alkanes of at least 4 members (excludes halogenated alkanes) is 1. The first kappa shape index (κ1) is 14.6. The fourth-order valence-corrected chi connectivity index (χ4v) is 2.82. The quantitative estimate of drug-likeness (QED) is 0.620. The lowest BCUT2D eigenvalue weighted by molar-refractivity contribution is 0.0690. The largest absolute Gasteiger partial charge is 0.477 e. The number of carboxylic acid groups (broad SMARTS) is 1. The minimum absolute atomic E-state index is 0.110. The Hall–Kier alpha value is -1.81. The summed E-state index contributed by atoms with van der Waals surface area (Å²) >= 11 is 1.68. The normalized spacial score (nSPS) is 10.4. The van der Waals surface area contributed by atoms with Gasteiger partial charge in [-0.25, -0.2) is 9.78 Å². The average Bonchev–Trinajstić information content (AvgIpc) is 2.48. The Bertz CT molecular complexity index is 557. The van der Waals surface area contributed by atoms with Gasteiger partial charge in [0.05, 0.1) is 0 Å².